The number of aryl methyl sites for hydroxylation is 1. The van der Waals surface area contributed by atoms with Crippen molar-refractivity contribution < 1.29 is 13.6 Å². The van der Waals surface area contributed by atoms with E-state index in [9.17, 15) is 13.6 Å². The van der Waals surface area contributed by atoms with E-state index in [1.165, 1.54) is 29.7 Å². The van der Waals surface area contributed by atoms with Crippen LogP contribution in [0, 0.1) is 18.6 Å². The van der Waals surface area contributed by atoms with Crippen molar-refractivity contribution in [2.75, 3.05) is 36.4 Å². The molecule has 1 aromatic heterocycles. The molecule has 138 valence electrons. The number of hydrogen-bond acceptors (Lipinski definition) is 5. The fraction of sp³-hybridized carbons (Fsp3) is 0.444. The molecule has 2 heterocycles. The maximum atomic E-state index is 14.0. The molecule has 0 bridgehead atoms. The van der Waals surface area contributed by atoms with Crippen LogP contribution >= 0.6 is 11.5 Å². The Morgan fingerprint density at radius 2 is 1.85 bits per heavy atom. The van der Waals surface area contributed by atoms with E-state index in [1.54, 1.807) is 9.80 Å². The quantitative estimate of drug-likeness (QED) is 0.887. The van der Waals surface area contributed by atoms with E-state index in [4.69, 9.17) is 0 Å². The molecular formula is C18H20F2N4OS. The van der Waals surface area contributed by atoms with E-state index in [0.29, 0.717) is 37.8 Å². The summed E-state index contributed by atoms with van der Waals surface area (Å²) >= 11 is 1.32. The van der Waals surface area contributed by atoms with Crippen LogP contribution in [0.3, 0.4) is 0 Å². The van der Waals surface area contributed by atoms with Gasteiger partial charge in [0.1, 0.15) is 22.3 Å². The van der Waals surface area contributed by atoms with Gasteiger partial charge in [0.15, 0.2) is 0 Å². The number of carbonyl (C=O) groups is 1. The highest BCUT2D eigenvalue weighted by Crippen LogP contribution is 2.32. The minimum absolute atomic E-state index is 0.0101. The van der Waals surface area contributed by atoms with Gasteiger partial charge in [-0.1, -0.05) is 6.07 Å². The third-order valence-corrected chi connectivity index (χ3v) is 5.68. The minimum atomic E-state index is -0.571. The second-order valence-electron chi connectivity index (χ2n) is 6.74. The van der Waals surface area contributed by atoms with Crippen LogP contribution in [0.5, 0.6) is 0 Å². The van der Waals surface area contributed by atoms with Gasteiger partial charge in [-0.15, -0.1) is 0 Å². The largest absolute Gasteiger partial charge is 0.372 e. The number of hydrogen-bond donors (Lipinski definition) is 1. The molecule has 5 nitrogen and oxygen atoms in total. The number of rotatable bonds is 4. The molecule has 2 aliphatic rings. The second-order valence-corrected chi connectivity index (χ2v) is 7.51. The lowest BCUT2D eigenvalue weighted by Gasteiger charge is -2.36. The van der Waals surface area contributed by atoms with E-state index < -0.39 is 11.6 Å². The number of nitrogens with zero attached hydrogens (tertiary/aromatic N) is 3. The first-order valence-corrected chi connectivity index (χ1v) is 9.53. The highest BCUT2D eigenvalue weighted by atomic mass is 32.1. The topological polar surface area (TPSA) is 48.5 Å². The molecule has 1 aliphatic heterocycles. The summed E-state index contributed by atoms with van der Waals surface area (Å²) in [5.74, 6) is -1.20. The number of nitrogens with one attached hydrogen (secondary N) is 1. The van der Waals surface area contributed by atoms with Gasteiger partial charge in [0.2, 0.25) is 0 Å². The van der Waals surface area contributed by atoms with Gasteiger partial charge in [-0.25, -0.2) is 8.78 Å². The van der Waals surface area contributed by atoms with Crippen molar-refractivity contribution in [3.8, 4) is 0 Å². The minimum Gasteiger partial charge on any atom is -0.372 e. The van der Waals surface area contributed by atoms with Crippen LogP contribution < -0.4 is 10.2 Å². The summed E-state index contributed by atoms with van der Waals surface area (Å²) in [7, 11) is 0. The highest BCUT2D eigenvalue weighted by Gasteiger charge is 2.30. The zero-order valence-electron chi connectivity index (χ0n) is 14.5. The number of piperazine rings is 1. The van der Waals surface area contributed by atoms with Crippen molar-refractivity contribution in [3.63, 3.8) is 0 Å². The van der Waals surface area contributed by atoms with Crippen molar-refractivity contribution in [1.29, 1.82) is 0 Å². The van der Waals surface area contributed by atoms with Crippen molar-refractivity contribution in [3.05, 3.63) is 41.1 Å². The van der Waals surface area contributed by atoms with Crippen molar-refractivity contribution in [1.82, 2.24) is 9.27 Å². The lowest BCUT2D eigenvalue weighted by atomic mass is 10.1. The van der Waals surface area contributed by atoms with Gasteiger partial charge >= 0.3 is 0 Å². The number of amides is 1. The lowest BCUT2D eigenvalue weighted by Crippen LogP contribution is -2.49. The molecule has 8 heteroatoms. The first-order chi connectivity index (χ1) is 12.5. The predicted octanol–water partition coefficient (Wildman–Crippen LogP) is 3.27. The number of anilines is 2. The Morgan fingerprint density at radius 3 is 2.46 bits per heavy atom. The SMILES string of the molecule is Cc1nsc(NC2CC2)c1C(=O)N1CCN(c2c(F)cccc2F)CC1. The molecule has 1 saturated heterocycles. The molecule has 1 saturated carbocycles. The van der Waals surface area contributed by atoms with Gasteiger partial charge < -0.3 is 15.1 Å². The Hall–Kier alpha value is -2.22. The summed E-state index contributed by atoms with van der Waals surface area (Å²) in [4.78, 5) is 16.4. The Labute approximate surface area is 154 Å². The normalized spacial score (nSPS) is 17.5. The molecule has 1 N–H and O–H groups in total. The number of para-hydroxylation sites is 1. The molecule has 2 fully saturated rings. The number of benzene rings is 1. The van der Waals surface area contributed by atoms with Crippen molar-refractivity contribution in [2.24, 2.45) is 0 Å². The van der Waals surface area contributed by atoms with Crippen molar-refractivity contribution in [2.45, 2.75) is 25.8 Å². The first-order valence-electron chi connectivity index (χ1n) is 8.75. The van der Waals surface area contributed by atoms with Gasteiger partial charge in [0.05, 0.1) is 11.3 Å². The van der Waals surface area contributed by atoms with E-state index in [1.807, 2.05) is 6.92 Å². The van der Waals surface area contributed by atoms with E-state index in [0.717, 1.165) is 23.5 Å². The summed E-state index contributed by atoms with van der Waals surface area (Å²) in [6.07, 6.45) is 2.24. The van der Waals surface area contributed by atoms with Gasteiger partial charge in [0, 0.05) is 32.2 Å². The van der Waals surface area contributed by atoms with Crippen LogP contribution in [0.1, 0.15) is 28.9 Å². The molecule has 1 aromatic carbocycles. The zero-order valence-corrected chi connectivity index (χ0v) is 15.3. The molecule has 4 rings (SSSR count). The standard InChI is InChI=1S/C18H20F2N4OS/c1-11-15(17(26-22-11)21-12-5-6-12)18(25)24-9-7-23(8-10-24)16-13(19)3-2-4-14(16)20/h2-4,12,21H,5-10H2,1H3. The Balaban J connectivity index is 1.46. The smallest absolute Gasteiger partial charge is 0.258 e. The second kappa shape index (κ2) is 6.83. The zero-order chi connectivity index (χ0) is 18.3. The van der Waals surface area contributed by atoms with Crippen LogP contribution in [0.15, 0.2) is 18.2 Å². The number of aromatic nitrogens is 1. The van der Waals surface area contributed by atoms with Gasteiger partial charge in [-0.2, -0.15) is 4.37 Å². The summed E-state index contributed by atoms with van der Waals surface area (Å²) in [5.41, 5.74) is 1.35. The Morgan fingerprint density at radius 1 is 1.19 bits per heavy atom. The van der Waals surface area contributed by atoms with Crippen LogP contribution in [-0.2, 0) is 0 Å². The van der Waals surface area contributed by atoms with Gasteiger partial charge in [-0.3, -0.25) is 4.79 Å². The molecule has 0 atom stereocenters. The van der Waals surface area contributed by atoms with E-state index in [2.05, 4.69) is 9.69 Å². The third-order valence-electron chi connectivity index (χ3n) is 4.81. The first kappa shape index (κ1) is 17.2. The number of halogens is 2. The Bertz CT molecular complexity index is 808. The van der Waals surface area contributed by atoms with E-state index >= 15 is 0 Å². The van der Waals surface area contributed by atoms with Gasteiger partial charge in [0.25, 0.3) is 5.91 Å². The average molecular weight is 378 g/mol. The fourth-order valence-electron chi connectivity index (χ4n) is 3.22. The molecule has 1 aliphatic carbocycles. The van der Waals surface area contributed by atoms with Crippen molar-refractivity contribution >= 4 is 28.1 Å². The van der Waals surface area contributed by atoms with Crippen LogP contribution in [-0.4, -0.2) is 47.4 Å². The predicted molar refractivity (Wildman–Crippen MR) is 98.0 cm³/mol. The van der Waals surface area contributed by atoms with Gasteiger partial charge in [-0.05, 0) is 43.4 Å². The monoisotopic (exact) mass is 378 g/mol. The highest BCUT2D eigenvalue weighted by molar-refractivity contribution is 7.10. The average Bonchev–Trinajstić information content (AvgIpc) is 3.37. The maximum Gasteiger partial charge on any atom is 0.258 e. The molecule has 1 amide bonds. The summed E-state index contributed by atoms with van der Waals surface area (Å²) in [6.45, 7) is 3.47. The molecule has 26 heavy (non-hydrogen) atoms. The third kappa shape index (κ3) is 3.25. The Kier molecular flexibility index (Phi) is 4.52. The lowest BCUT2D eigenvalue weighted by molar-refractivity contribution is 0.0747. The molecule has 0 radical (unpaired) electrons. The molecule has 2 aromatic rings. The van der Waals surface area contributed by atoms with Crippen LogP contribution in [0.4, 0.5) is 19.5 Å². The summed E-state index contributed by atoms with van der Waals surface area (Å²) < 4.78 is 32.3. The fourth-order valence-corrected chi connectivity index (χ4v) is 4.08. The number of carbonyl (C=O) groups excluding carboxylic acids is 1. The molecular weight excluding hydrogens is 358 g/mol. The molecule has 0 spiro atoms. The molecule has 0 unspecified atom stereocenters. The summed E-state index contributed by atoms with van der Waals surface area (Å²) in [5, 5.41) is 4.20. The van der Waals surface area contributed by atoms with Crippen LogP contribution in [0.2, 0.25) is 0 Å². The summed E-state index contributed by atoms with van der Waals surface area (Å²) in [6, 6.07) is 4.31. The maximum absolute atomic E-state index is 14.0. The van der Waals surface area contributed by atoms with Crippen LogP contribution in [0.25, 0.3) is 0 Å². The van der Waals surface area contributed by atoms with E-state index in [-0.39, 0.29) is 11.6 Å².